The van der Waals surface area contributed by atoms with Crippen LogP contribution in [-0.2, 0) is 11.3 Å². The number of nitrogens with zero attached hydrogens (tertiary/aromatic N) is 2. The average Bonchev–Trinajstić information content (AvgIpc) is 2.68. The minimum atomic E-state index is -0.332. The van der Waals surface area contributed by atoms with Gasteiger partial charge in [0.05, 0.1) is 17.4 Å². The lowest BCUT2D eigenvalue weighted by Gasteiger charge is -2.21. The fourth-order valence-electron chi connectivity index (χ4n) is 2.94. The second-order valence-electron chi connectivity index (χ2n) is 6.68. The Balaban J connectivity index is 1.78. The summed E-state index contributed by atoms with van der Waals surface area (Å²) in [5.41, 5.74) is 2.44. The molecule has 0 aliphatic carbocycles. The maximum Gasteiger partial charge on any atom is 0.322 e. The van der Waals surface area contributed by atoms with Gasteiger partial charge in [0.1, 0.15) is 5.82 Å². The first-order chi connectivity index (χ1) is 13.9. The highest BCUT2D eigenvalue weighted by molar-refractivity contribution is 5.93. The van der Waals surface area contributed by atoms with E-state index in [-0.39, 0.29) is 24.0 Å². The number of aryl methyl sites for hydroxylation is 1. The monoisotopic (exact) mass is 393 g/mol. The molecule has 0 fully saturated rings. The summed E-state index contributed by atoms with van der Waals surface area (Å²) in [4.78, 5) is 45.0. The molecule has 0 bridgehead atoms. The Labute approximate surface area is 168 Å². The van der Waals surface area contributed by atoms with Crippen LogP contribution in [-0.4, -0.2) is 33.4 Å². The van der Waals surface area contributed by atoms with Gasteiger partial charge in [-0.05, 0) is 43.7 Å². The molecule has 1 aromatic heterocycles. The normalized spacial score (nSPS) is 10.6. The first-order valence-corrected chi connectivity index (χ1v) is 9.29. The summed E-state index contributed by atoms with van der Waals surface area (Å²) in [6, 6.07) is 12.0. The Hall–Kier alpha value is -3.68. The van der Waals surface area contributed by atoms with Crippen LogP contribution in [0.2, 0.25) is 0 Å². The molecule has 3 N–H and O–H groups in total. The zero-order chi connectivity index (χ0) is 21.0. The van der Waals surface area contributed by atoms with Crippen molar-refractivity contribution < 1.29 is 9.59 Å². The average molecular weight is 393 g/mol. The second kappa shape index (κ2) is 8.55. The molecule has 0 unspecified atom stereocenters. The van der Waals surface area contributed by atoms with E-state index in [1.807, 2.05) is 26.0 Å². The highest BCUT2D eigenvalue weighted by atomic mass is 16.2. The summed E-state index contributed by atoms with van der Waals surface area (Å²) in [5.74, 6) is 0.228. The van der Waals surface area contributed by atoms with Gasteiger partial charge in [0.25, 0.3) is 5.56 Å². The number of H-pyrrole nitrogens is 1. The highest BCUT2D eigenvalue weighted by Crippen LogP contribution is 2.21. The number of para-hydroxylation sites is 1. The minimum Gasteiger partial charge on any atom is -0.326 e. The summed E-state index contributed by atoms with van der Waals surface area (Å²) in [7, 11) is 0. The number of nitrogens with one attached hydrogen (secondary N) is 3. The lowest BCUT2D eigenvalue weighted by molar-refractivity contribution is -0.114. The van der Waals surface area contributed by atoms with E-state index < -0.39 is 0 Å². The molecule has 1 heterocycles. The molecule has 3 amide bonds. The lowest BCUT2D eigenvalue weighted by Crippen LogP contribution is -2.35. The molecular formula is C21H23N5O3. The van der Waals surface area contributed by atoms with Crippen molar-refractivity contribution in [3.8, 4) is 0 Å². The zero-order valence-corrected chi connectivity index (χ0v) is 16.6. The molecule has 8 heteroatoms. The molecule has 0 radical (unpaired) electrons. The molecule has 29 heavy (non-hydrogen) atoms. The molecule has 0 atom stereocenters. The van der Waals surface area contributed by atoms with Crippen LogP contribution in [0.1, 0.15) is 25.2 Å². The smallest absolute Gasteiger partial charge is 0.322 e. The minimum absolute atomic E-state index is 0.160. The first-order valence-electron chi connectivity index (χ1n) is 9.29. The Kier molecular flexibility index (Phi) is 5.92. The third-order valence-corrected chi connectivity index (χ3v) is 4.47. The number of hydrogen-bond acceptors (Lipinski definition) is 4. The Morgan fingerprint density at radius 3 is 2.62 bits per heavy atom. The number of aromatic amines is 1. The van der Waals surface area contributed by atoms with Crippen LogP contribution in [0.15, 0.2) is 47.3 Å². The van der Waals surface area contributed by atoms with Gasteiger partial charge in [-0.3, -0.25) is 9.59 Å². The molecule has 0 saturated heterocycles. The standard InChI is InChI=1S/C21H23N5O3/c1-4-26(12-19-24-17-8-6-5-7-16(17)20(28)25-19)21(29)23-15-10-9-13(2)18(11-15)22-14(3)27/h5-11H,4,12H2,1-3H3,(H,22,27)(H,23,29)(H,24,25,28). The predicted octanol–water partition coefficient (Wildman–Crippen LogP) is 3.24. The number of carbonyl (C=O) groups is 2. The van der Waals surface area contributed by atoms with Crippen molar-refractivity contribution in [3.63, 3.8) is 0 Å². The maximum absolute atomic E-state index is 12.7. The van der Waals surface area contributed by atoms with Crippen LogP contribution >= 0.6 is 0 Å². The largest absolute Gasteiger partial charge is 0.326 e. The van der Waals surface area contributed by atoms with E-state index in [4.69, 9.17) is 0 Å². The molecule has 0 aliphatic rings. The number of fused-ring (bicyclic) bond motifs is 1. The number of aromatic nitrogens is 2. The number of hydrogen-bond donors (Lipinski definition) is 3. The molecule has 0 aliphatic heterocycles. The van der Waals surface area contributed by atoms with Gasteiger partial charge in [0, 0.05) is 24.8 Å². The Morgan fingerprint density at radius 2 is 1.90 bits per heavy atom. The second-order valence-corrected chi connectivity index (χ2v) is 6.68. The quantitative estimate of drug-likeness (QED) is 0.618. The molecule has 2 aromatic carbocycles. The number of anilines is 2. The molecule has 0 saturated carbocycles. The van der Waals surface area contributed by atoms with Crippen molar-refractivity contribution in [2.75, 3.05) is 17.2 Å². The van der Waals surface area contributed by atoms with E-state index in [1.165, 1.54) is 11.8 Å². The van der Waals surface area contributed by atoms with Crippen molar-refractivity contribution >= 4 is 34.2 Å². The predicted molar refractivity (Wildman–Crippen MR) is 113 cm³/mol. The third-order valence-electron chi connectivity index (χ3n) is 4.47. The van der Waals surface area contributed by atoms with Crippen molar-refractivity contribution in [2.45, 2.75) is 27.3 Å². The molecule has 150 valence electrons. The van der Waals surface area contributed by atoms with Gasteiger partial charge in [-0.2, -0.15) is 0 Å². The van der Waals surface area contributed by atoms with Gasteiger partial charge in [0.15, 0.2) is 0 Å². The summed E-state index contributed by atoms with van der Waals surface area (Å²) in [6.07, 6.45) is 0. The summed E-state index contributed by atoms with van der Waals surface area (Å²) in [5, 5.41) is 6.07. The molecule has 0 spiro atoms. The summed E-state index contributed by atoms with van der Waals surface area (Å²) < 4.78 is 0. The van der Waals surface area contributed by atoms with Crippen LogP contribution < -0.4 is 16.2 Å². The van der Waals surface area contributed by atoms with Crippen LogP contribution in [0, 0.1) is 6.92 Å². The van der Waals surface area contributed by atoms with Crippen LogP contribution in [0.4, 0.5) is 16.2 Å². The van der Waals surface area contributed by atoms with Gasteiger partial charge in [0.2, 0.25) is 5.91 Å². The van der Waals surface area contributed by atoms with E-state index in [0.29, 0.717) is 34.6 Å². The maximum atomic E-state index is 12.7. The van der Waals surface area contributed by atoms with Gasteiger partial charge in [-0.25, -0.2) is 9.78 Å². The van der Waals surface area contributed by atoms with E-state index in [9.17, 15) is 14.4 Å². The summed E-state index contributed by atoms with van der Waals surface area (Å²) >= 11 is 0. The Bertz CT molecular complexity index is 1120. The topological polar surface area (TPSA) is 107 Å². The molecular weight excluding hydrogens is 370 g/mol. The Morgan fingerprint density at radius 1 is 1.14 bits per heavy atom. The number of benzene rings is 2. The summed E-state index contributed by atoms with van der Waals surface area (Å²) in [6.45, 7) is 5.73. The molecule has 8 nitrogen and oxygen atoms in total. The van der Waals surface area contributed by atoms with E-state index in [0.717, 1.165) is 5.56 Å². The number of urea groups is 1. The van der Waals surface area contributed by atoms with Crippen molar-refractivity contribution in [1.82, 2.24) is 14.9 Å². The van der Waals surface area contributed by atoms with Crippen molar-refractivity contribution in [1.29, 1.82) is 0 Å². The fourth-order valence-corrected chi connectivity index (χ4v) is 2.94. The van der Waals surface area contributed by atoms with Crippen molar-refractivity contribution in [3.05, 3.63) is 64.2 Å². The number of amides is 3. The van der Waals surface area contributed by atoms with Crippen LogP contribution in [0.3, 0.4) is 0 Å². The van der Waals surface area contributed by atoms with Crippen LogP contribution in [0.5, 0.6) is 0 Å². The number of carbonyl (C=O) groups excluding carboxylic acids is 2. The van der Waals surface area contributed by atoms with Gasteiger partial charge in [-0.15, -0.1) is 0 Å². The van der Waals surface area contributed by atoms with E-state index in [2.05, 4.69) is 20.6 Å². The van der Waals surface area contributed by atoms with Gasteiger partial charge >= 0.3 is 6.03 Å². The first kappa shape index (κ1) is 20.1. The SMILES string of the molecule is CCN(Cc1nc2ccccc2c(=O)[nH]1)C(=O)Nc1ccc(C)c(NC(C)=O)c1. The highest BCUT2D eigenvalue weighted by Gasteiger charge is 2.15. The zero-order valence-electron chi connectivity index (χ0n) is 16.6. The lowest BCUT2D eigenvalue weighted by atomic mass is 10.2. The molecule has 3 rings (SSSR count). The van der Waals surface area contributed by atoms with E-state index in [1.54, 1.807) is 30.3 Å². The van der Waals surface area contributed by atoms with Crippen molar-refractivity contribution in [2.24, 2.45) is 0 Å². The number of rotatable bonds is 5. The van der Waals surface area contributed by atoms with Gasteiger partial charge in [-0.1, -0.05) is 18.2 Å². The van der Waals surface area contributed by atoms with Gasteiger partial charge < -0.3 is 20.5 Å². The van der Waals surface area contributed by atoms with E-state index >= 15 is 0 Å². The third kappa shape index (κ3) is 4.78. The fraction of sp³-hybridized carbons (Fsp3) is 0.238. The van der Waals surface area contributed by atoms with Crippen LogP contribution in [0.25, 0.3) is 10.9 Å². The molecule has 3 aromatic rings.